The molecule has 2 rings (SSSR count). The average molecular weight is 353 g/mol. The van der Waals surface area contributed by atoms with E-state index in [-0.39, 0.29) is 24.2 Å². The molecule has 8 heteroatoms. The fourth-order valence-corrected chi connectivity index (χ4v) is 2.14. The van der Waals surface area contributed by atoms with Crippen LogP contribution in [0.2, 0.25) is 0 Å². The first-order valence-electron chi connectivity index (χ1n) is 7.69. The van der Waals surface area contributed by atoms with Gasteiger partial charge in [-0.1, -0.05) is 44.2 Å². The van der Waals surface area contributed by atoms with Crippen molar-refractivity contribution in [1.29, 1.82) is 0 Å². The van der Waals surface area contributed by atoms with Gasteiger partial charge >= 0.3 is 0 Å². The molecule has 132 valence electrons. The third-order valence-corrected chi connectivity index (χ3v) is 3.33. The van der Waals surface area contributed by atoms with Crippen molar-refractivity contribution in [2.75, 3.05) is 6.54 Å². The zero-order chi connectivity index (χ0) is 17.0. The zero-order valence-electron chi connectivity index (χ0n) is 14.4. The summed E-state index contributed by atoms with van der Waals surface area (Å²) in [6.07, 6.45) is 0. The van der Waals surface area contributed by atoms with Gasteiger partial charge in [0.15, 0.2) is 6.04 Å². The first kappa shape index (κ1) is 20.1. The number of nitrogens with one attached hydrogen (secondary N) is 1. The number of hydrogen-bond acceptors (Lipinski definition) is 5. The number of nitrogens with two attached hydrogens (primary N) is 1. The second-order valence-electron chi connectivity index (χ2n) is 6.69. The molecule has 0 bridgehead atoms. The van der Waals surface area contributed by atoms with Gasteiger partial charge in [-0.25, -0.2) is 0 Å². The molecule has 1 aromatic heterocycles. The molecule has 1 heterocycles. The second kappa shape index (κ2) is 8.21. The Morgan fingerprint density at radius 2 is 1.92 bits per heavy atom. The minimum atomic E-state index is -0.526. The average Bonchev–Trinajstić information content (AvgIpc) is 2.94. The number of benzene rings is 1. The highest BCUT2D eigenvalue weighted by Crippen LogP contribution is 2.18. The molecular weight excluding hydrogens is 328 g/mol. The Balaban J connectivity index is 0.00000288. The standard InChI is InChI=1S/C16H24N6O.ClH/c1-11(2)13(15(23)18-10-16(3,4)17)22-20-14(19-21-22)12-8-6-5-7-9-12;/h5-9,11,13H,10,17H2,1-4H3,(H,18,23);1H. The van der Waals surface area contributed by atoms with Crippen LogP contribution in [0.15, 0.2) is 30.3 Å². The Morgan fingerprint density at radius 3 is 2.46 bits per heavy atom. The summed E-state index contributed by atoms with van der Waals surface area (Å²) >= 11 is 0. The van der Waals surface area contributed by atoms with E-state index >= 15 is 0 Å². The van der Waals surface area contributed by atoms with Gasteiger partial charge in [-0.3, -0.25) is 4.79 Å². The molecule has 2 aromatic rings. The van der Waals surface area contributed by atoms with Gasteiger partial charge in [-0.15, -0.1) is 22.6 Å². The molecule has 24 heavy (non-hydrogen) atoms. The van der Waals surface area contributed by atoms with Crippen LogP contribution in [-0.2, 0) is 4.79 Å². The maximum Gasteiger partial charge on any atom is 0.247 e. The van der Waals surface area contributed by atoms with Crippen molar-refractivity contribution in [3.8, 4) is 11.4 Å². The Hall–Kier alpha value is -1.99. The number of rotatable bonds is 6. The van der Waals surface area contributed by atoms with Crippen molar-refractivity contribution in [3.05, 3.63) is 30.3 Å². The predicted octanol–water partition coefficient (Wildman–Crippen LogP) is 1.81. The first-order valence-corrected chi connectivity index (χ1v) is 7.69. The molecule has 0 fully saturated rings. The van der Waals surface area contributed by atoms with Crippen LogP contribution in [-0.4, -0.2) is 38.2 Å². The largest absolute Gasteiger partial charge is 0.352 e. The molecule has 0 aliphatic rings. The SMILES string of the molecule is CC(C)C(C(=O)NCC(C)(C)N)n1nnc(-c2ccccc2)n1.Cl. The highest BCUT2D eigenvalue weighted by molar-refractivity contribution is 5.85. The number of carbonyl (C=O) groups is 1. The summed E-state index contributed by atoms with van der Waals surface area (Å²) in [7, 11) is 0. The highest BCUT2D eigenvalue weighted by Gasteiger charge is 2.28. The minimum Gasteiger partial charge on any atom is -0.352 e. The summed E-state index contributed by atoms with van der Waals surface area (Å²) in [5, 5.41) is 15.4. The number of aromatic nitrogens is 4. The number of nitrogens with zero attached hydrogens (tertiary/aromatic N) is 4. The van der Waals surface area contributed by atoms with Crippen molar-refractivity contribution >= 4 is 18.3 Å². The molecule has 1 atom stereocenters. The van der Waals surface area contributed by atoms with Crippen LogP contribution in [0, 0.1) is 5.92 Å². The second-order valence-corrected chi connectivity index (χ2v) is 6.69. The fraction of sp³-hybridized carbons (Fsp3) is 0.500. The maximum atomic E-state index is 12.5. The van der Waals surface area contributed by atoms with E-state index in [2.05, 4.69) is 20.7 Å². The van der Waals surface area contributed by atoms with Gasteiger partial charge in [0.2, 0.25) is 11.7 Å². The fourth-order valence-electron chi connectivity index (χ4n) is 2.14. The molecule has 1 unspecified atom stereocenters. The molecule has 7 nitrogen and oxygen atoms in total. The van der Waals surface area contributed by atoms with E-state index in [1.807, 2.05) is 58.0 Å². The van der Waals surface area contributed by atoms with Gasteiger partial charge in [0.25, 0.3) is 0 Å². The van der Waals surface area contributed by atoms with Crippen molar-refractivity contribution in [2.45, 2.75) is 39.3 Å². The lowest BCUT2D eigenvalue weighted by molar-refractivity contribution is -0.126. The van der Waals surface area contributed by atoms with E-state index in [0.29, 0.717) is 12.4 Å². The van der Waals surface area contributed by atoms with Gasteiger partial charge in [0, 0.05) is 17.6 Å². The lowest BCUT2D eigenvalue weighted by Crippen LogP contribution is -2.47. The number of carbonyl (C=O) groups excluding carboxylic acids is 1. The molecule has 0 spiro atoms. The monoisotopic (exact) mass is 352 g/mol. The molecular formula is C16H25ClN6O. The van der Waals surface area contributed by atoms with Crippen LogP contribution in [0.4, 0.5) is 0 Å². The maximum absolute atomic E-state index is 12.5. The van der Waals surface area contributed by atoms with Crippen LogP contribution in [0.3, 0.4) is 0 Å². The Labute approximate surface area is 148 Å². The molecule has 0 aliphatic heterocycles. The summed E-state index contributed by atoms with van der Waals surface area (Å²) in [6.45, 7) is 8.00. The van der Waals surface area contributed by atoms with Crippen molar-refractivity contribution in [2.24, 2.45) is 11.7 Å². The van der Waals surface area contributed by atoms with Gasteiger partial charge in [0.05, 0.1) is 0 Å². The quantitative estimate of drug-likeness (QED) is 0.826. The van der Waals surface area contributed by atoms with E-state index < -0.39 is 11.6 Å². The van der Waals surface area contributed by atoms with E-state index in [9.17, 15) is 4.79 Å². The molecule has 1 amide bonds. The number of halogens is 1. The summed E-state index contributed by atoms with van der Waals surface area (Å²) < 4.78 is 0. The molecule has 3 N–H and O–H groups in total. The van der Waals surface area contributed by atoms with Crippen LogP contribution >= 0.6 is 12.4 Å². The minimum absolute atomic E-state index is 0. The molecule has 0 saturated heterocycles. The van der Waals surface area contributed by atoms with Crippen LogP contribution in [0.25, 0.3) is 11.4 Å². The van der Waals surface area contributed by atoms with Gasteiger partial charge in [0.1, 0.15) is 0 Å². The normalized spacial score (nSPS) is 12.6. The Morgan fingerprint density at radius 1 is 1.29 bits per heavy atom. The van der Waals surface area contributed by atoms with Crippen LogP contribution in [0.5, 0.6) is 0 Å². The van der Waals surface area contributed by atoms with Crippen molar-refractivity contribution < 1.29 is 4.79 Å². The third kappa shape index (κ3) is 5.28. The van der Waals surface area contributed by atoms with Crippen LogP contribution in [0.1, 0.15) is 33.7 Å². The van der Waals surface area contributed by atoms with Gasteiger partial charge in [-0.2, -0.15) is 4.80 Å². The van der Waals surface area contributed by atoms with Gasteiger partial charge < -0.3 is 11.1 Å². The topological polar surface area (TPSA) is 98.7 Å². The zero-order valence-corrected chi connectivity index (χ0v) is 15.2. The first-order chi connectivity index (χ1) is 10.8. The van der Waals surface area contributed by atoms with Crippen LogP contribution < -0.4 is 11.1 Å². The highest BCUT2D eigenvalue weighted by atomic mass is 35.5. The molecule has 0 saturated carbocycles. The number of hydrogen-bond donors (Lipinski definition) is 2. The summed E-state index contributed by atoms with van der Waals surface area (Å²) in [6, 6.07) is 9.03. The number of amides is 1. The van der Waals surface area contributed by atoms with E-state index in [0.717, 1.165) is 5.56 Å². The van der Waals surface area contributed by atoms with Crippen molar-refractivity contribution in [1.82, 2.24) is 25.5 Å². The van der Waals surface area contributed by atoms with Crippen molar-refractivity contribution in [3.63, 3.8) is 0 Å². The summed E-state index contributed by atoms with van der Waals surface area (Å²) in [5.41, 5.74) is 6.31. The van der Waals surface area contributed by atoms with E-state index in [4.69, 9.17) is 5.73 Å². The Bertz CT molecular complexity index is 650. The molecule has 0 aliphatic carbocycles. The number of tetrazole rings is 1. The van der Waals surface area contributed by atoms with E-state index in [1.165, 1.54) is 4.80 Å². The Kier molecular flexibility index (Phi) is 6.86. The molecule has 1 aromatic carbocycles. The van der Waals surface area contributed by atoms with Gasteiger partial charge in [-0.05, 0) is 25.0 Å². The third-order valence-electron chi connectivity index (χ3n) is 3.33. The summed E-state index contributed by atoms with van der Waals surface area (Å²) in [4.78, 5) is 13.9. The predicted molar refractivity (Wildman–Crippen MR) is 95.7 cm³/mol. The molecule has 0 radical (unpaired) electrons. The summed E-state index contributed by atoms with van der Waals surface area (Å²) in [5.74, 6) is 0.368. The smallest absolute Gasteiger partial charge is 0.247 e. The lowest BCUT2D eigenvalue weighted by atomic mass is 10.0. The van der Waals surface area contributed by atoms with E-state index in [1.54, 1.807) is 0 Å². The lowest BCUT2D eigenvalue weighted by Gasteiger charge is -2.23.